The van der Waals surface area contributed by atoms with Gasteiger partial charge in [-0.25, -0.2) is 4.39 Å². The summed E-state index contributed by atoms with van der Waals surface area (Å²) >= 11 is 3.42. The summed E-state index contributed by atoms with van der Waals surface area (Å²) in [6.45, 7) is 1.93. The number of methoxy groups -OCH3 is 1. The number of ether oxygens (including phenoxy) is 1. The molecule has 1 N–H and O–H groups in total. The zero-order valence-corrected chi connectivity index (χ0v) is 12.6. The van der Waals surface area contributed by atoms with E-state index in [-0.39, 0.29) is 11.7 Å². The van der Waals surface area contributed by atoms with Gasteiger partial charge in [-0.05, 0) is 52.7 Å². The van der Waals surface area contributed by atoms with Crippen LogP contribution in [0.15, 0.2) is 40.9 Å². The third-order valence-electron chi connectivity index (χ3n) is 2.85. The first-order valence-electron chi connectivity index (χ1n) is 5.93. The molecule has 0 atom stereocenters. The smallest absolute Gasteiger partial charge is 0.255 e. The number of carbonyl (C=O) groups is 1. The molecule has 1 amide bonds. The summed E-state index contributed by atoms with van der Waals surface area (Å²) in [5.74, 6) is -0.781. The number of nitrogens with one attached hydrogen (secondary N) is 1. The van der Waals surface area contributed by atoms with Crippen molar-refractivity contribution in [3.8, 4) is 5.75 Å². The largest absolute Gasteiger partial charge is 0.494 e. The first-order valence-corrected chi connectivity index (χ1v) is 6.72. The first kappa shape index (κ1) is 14.5. The molecule has 0 aromatic heterocycles. The lowest BCUT2D eigenvalue weighted by molar-refractivity contribution is 0.102. The normalized spacial score (nSPS) is 10.2. The van der Waals surface area contributed by atoms with Crippen molar-refractivity contribution in [1.82, 2.24) is 0 Å². The van der Waals surface area contributed by atoms with Crippen LogP contribution in [0.5, 0.6) is 5.75 Å². The lowest BCUT2D eigenvalue weighted by Crippen LogP contribution is -2.12. The zero-order chi connectivity index (χ0) is 14.7. The highest BCUT2D eigenvalue weighted by atomic mass is 79.9. The van der Waals surface area contributed by atoms with Crippen molar-refractivity contribution in [3.05, 3.63) is 57.8 Å². The molecule has 2 aromatic rings. The summed E-state index contributed by atoms with van der Waals surface area (Å²) in [7, 11) is 1.36. The highest BCUT2D eigenvalue weighted by Gasteiger charge is 2.12. The van der Waals surface area contributed by atoms with E-state index in [0.29, 0.717) is 11.3 Å². The lowest BCUT2D eigenvalue weighted by atomic mass is 10.1. The first-order chi connectivity index (χ1) is 9.52. The molecule has 0 spiro atoms. The molecule has 0 bridgehead atoms. The van der Waals surface area contributed by atoms with Gasteiger partial charge in [0.05, 0.1) is 12.8 Å². The maximum Gasteiger partial charge on any atom is 0.255 e. The quantitative estimate of drug-likeness (QED) is 0.913. The number of aryl methyl sites for hydroxylation is 1. The Kier molecular flexibility index (Phi) is 4.39. The van der Waals surface area contributed by atoms with Crippen molar-refractivity contribution >= 4 is 27.5 Å². The van der Waals surface area contributed by atoms with Gasteiger partial charge in [-0.3, -0.25) is 4.79 Å². The van der Waals surface area contributed by atoms with E-state index in [0.717, 1.165) is 10.0 Å². The van der Waals surface area contributed by atoms with Gasteiger partial charge in [0, 0.05) is 10.0 Å². The van der Waals surface area contributed by atoms with E-state index in [1.54, 1.807) is 6.07 Å². The van der Waals surface area contributed by atoms with E-state index >= 15 is 0 Å². The molecule has 0 aliphatic carbocycles. The monoisotopic (exact) mass is 337 g/mol. The van der Waals surface area contributed by atoms with Crippen LogP contribution >= 0.6 is 15.9 Å². The van der Waals surface area contributed by atoms with Crippen LogP contribution in [0.1, 0.15) is 15.9 Å². The summed E-state index contributed by atoms with van der Waals surface area (Å²) in [5, 5.41) is 2.77. The molecule has 0 aliphatic heterocycles. The van der Waals surface area contributed by atoms with Gasteiger partial charge in [0.2, 0.25) is 0 Å². The highest BCUT2D eigenvalue weighted by molar-refractivity contribution is 9.10. The Morgan fingerprint density at radius 1 is 1.30 bits per heavy atom. The minimum Gasteiger partial charge on any atom is -0.494 e. The third-order valence-corrected chi connectivity index (χ3v) is 3.91. The molecule has 5 heteroatoms. The summed E-state index contributed by atoms with van der Waals surface area (Å²) in [4.78, 5) is 12.1. The van der Waals surface area contributed by atoms with Gasteiger partial charge in [0.15, 0.2) is 11.6 Å². The number of hydrogen-bond acceptors (Lipinski definition) is 2. The van der Waals surface area contributed by atoms with Gasteiger partial charge in [0.25, 0.3) is 5.91 Å². The van der Waals surface area contributed by atoms with E-state index in [9.17, 15) is 9.18 Å². The number of benzene rings is 2. The predicted octanol–water partition coefficient (Wildman–Crippen LogP) is 4.16. The standard InChI is InChI=1S/C15H13BrFNO2/c1-9-4-3-5-12(14(9)16)18-15(19)10-6-7-11(17)13(8-10)20-2/h3-8H,1-2H3,(H,18,19). The molecular formula is C15H13BrFNO2. The zero-order valence-electron chi connectivity index (χ0n) is 11.0. The number of rotatable bonds is 3. The van der Waals surface area contributed by atoms with Gasteiger partial charge >= 0.3 is 0 Å². The van der Waals surface area contributed by atoms with Gasteiger partial charge in [-0.15, -0.1) is 0 Å². The van der Waals surface area contributed by atoms with E-state index in [2.05, 4.69) is 21.2 Å². The fourth-order valence-corrected chi connectivity index (χ4v) is 2.10. The molecule has 2 aromatic carbocycles. The molecule has 0 unspecified atom stereocenters. The maximum absolute atomic E-state index is 13.3. The van der Waals surface area contributed by atoms with Gasteiger partial charge in [-0.2, -0.15) is 0 Å². The predicted molar refractivity (Wildman–Crippen MR) is 79.8 cm³/mol. The Morgan fingerprint density at radius 3 is 2.75 bits per heavy atom. The Balaban J connectivity index is 2.26. The lowest BCUT2D eigenvalue weighted by Gasteiger charge is -2.10. The molecule has 3 nitrogen and oxygen atoms in total. The van der Waals surface area contributed by atoms with Crippen LogP contribution < -0.4 is 10.1 Å². The molecule has 0 aliphatic rings. The second-order valence-corrected chi connectivity index (χ2v) is 5.03. The summed E-state index contributed by atoms with van der Waals surface area (Å²) in [6.07, 6.45) is 0. The Morgan fingerprint density at radius 2 is 2.05 bits per heavy atom. The second kappa shape index (κ2) is 6.05. The van der Waals surface area contributed by atoms with Crippen LogP contribution in [0.3, 0.4) is 0 Å². The number of carbonyl (C=O) groups excluding carboxylic acids is 1. The van der Waals surface area contributed by atoms with E-state index in [1.807, 2.05) is 19.1 Å². The van der Waals surface area contributed by atoms with Crippen molar-refractivity contribution in [2.45, 2.75) is 6.92 Å². The minimum atomic E-state index is -0.499. The number of halogens is 2. The van der Waals surface area contributed by atoms with Crippen LogP contribution in [0, 0.1) is 12.7 Å². The summed E-state index contributed by atoms with van der Waals surface area (Å²) in [5.41, 5.74) is 2.01. The topological polar surface area (TPSA) is 38.3 Å². The van der Waals surface area contributed by atoms with Crippen molar-refractivity contribution in [2.24, 2.45) is 0 Å². The number of amides is 1. The second-order valence-electron chi connectivity index (χ2n) is 4.24. The summed E-state index contributed by atoms with van der Waals surface area (Å²) in [6, 6.07) is 9.56. The van der Waals surface area contributed by atoms with Crippen molar-refractivity contribution in [2.75, 3.05) is 12.4 Å². The van der Waals surface area contributed by atoms with Crippen molar-refractivity contribution in [3.63, 3.8) is 0 Å². The molecule has 20 heavy (non-hydrogen) atoms. The fraction of sp³-hybridized carbons (Fsp3) is 0.133. The molecule has 0 fully saturated rings. The highest BCUT2D eigenvalue weighted by Crippen LogP contribution is 2.26. The van der Waals surface area contributed by atoms with Crippen LogP contribution in [0.2, 0.25) is 0 Å². The molecule has 104 valence electrons. The SMILES string of the molecule is COc1cc(C(=O)Nc2cccc(C)c2Br)ccc1F. The molecule has 0 radical (unpaired) electrons. The molecule has 0 saturated heterocycles. The number of hydrogen-bond donors (Lipinski definition) is 1. The van der Waals surface area contributed by atoms with E-state index < -0.39 is 5.82 Å². The molecular weight excluding hydrogens is 325 g/mol. The fourth-order valence-electron chi connectivity index (χ4n) is 1.74. The Bertz CT molecular complexity index is 658. The summed E-state index contributed by atoms with van der Waals surface area (Å²) < 4.78 is 19.0. The van der Waals surface area contributed by atoms with Crippen molar-refractivity contribution in [1.29, 1.82) is 0 Å². The van der Waals surface area contributed by atoms with Crippen molar-refractivity contribution < 1.29 is 13.9 Å². The van der Waals surface area contributed by atoms with E-state index in [4.69, 9.17) is 4.74 Å². The molecule has 2 rings (SSSR count). The van der Waals surface area contributed by atoms with Crippen LogP contribution in [-0.4, -0.2) is 13.0 Å². The van der Waals surface area contributed by atoms with Gasteiger partial charge in [-0.1, -0.05) is 12.1 Å². The van der Waals surface area contributed by atoms with Gasteiger partial charge in [0.1, 0.15) is 0 Å². The van der Waals surface area contributed by atoms with E-state index in [1.165, 1.54) is 25.3 Å². The Labute approximate surface area is 124 Å². The molecule has 0 heterocycles. The van der Waals surface area contributed by atoms with Crippen LogP contribution in [0.4, 0.5) is 10.1 Å². The average molecular weight is 338 g/mol. The van der Waals surface area contributed by atoms with Crippen LogP contribution in [-0.2, 0) is 0 Å². The van der Waals surface area contributed by atoms with Crippen LogP contribution in [0.25, 0.3) is 0 Å². The third kappa shape index (κ3) is 2.99. The minimum absolute atomic E-state index is 0.0426. The maximum atomic E-state index is 13.3. The van der Waals surface area contributed by atoms with Gasteiger partial charge < -0.3 is 10.1 Å². The molecule has 0 saturated carbocycles. The Hall–Kier alpha value is -1.88. The average Bonchev–Trinajstić information content (AvgIpc) is 2.44. The number of anilines is 1.